The van der Waals surface area contributed by atoms with Gasteiger partial charge in [0.05, 0.1) is 11.3 Å². The number of pyridine rings is 1. The first-order valence-electron chi connectivity index (χ1n) is 6.18. The van der Waals surface area contributed by atoms with Gasteiger partial charge in [0.25, 0.3) is 0 Å². The number of hydrogen-bond acceptors (Lipinski definition) is 4. The summed E-state index contributed by atoms with van der Waals surface area (Å²) in [5.74, 6) is 0.556. The number of hydrogen-bond donors (Lipinski definition) is 2. The monoisotopic (exact) mass is 260 g/mol. The molecule has 0 amide bonds. The third kappa shape index (κ3) is 2.13. The number of nitrogens with one attached hydrogen (secondary N) is 1. The maximum Gasteiger partial charge on any atom is 0.153 e. The van der Waals surface area contributed by atoms with E-state index in [0.29, 0.717) is 17.1 Å². The molecule has 0 fully saturated rings. The Balaban J connectivity index is 2.04. The summed E-state index contributed by atoms with van der Waals surface area (Å²) in [6.07, 6.45) is 1.50. The summed E-state index contributed by atoms with van der Waals surface area (Å²) < 4.78 is 0. The summed E-state index contributed by atoms with van der Waals surface area (Å²) in [7, 11) is 0. The molecule has 0 bridgehead atoms. The van der Waals surface area contributed by atoms with Crippen LogP contribution in [0.3, 0.4) is 0 Å². The van der Waals surface area contributed by atoms with Crippen LogP contribution in [0.5, 0.6) is 0 Å². The first-order chi connectivity index (χ1) is 9.78. The molecule has 4 nitrogen and oxygen atoms in total. The molecule has 3 N–H and O–H groups in total. The van der Waals surface area contributed by atoms with E-state index in [9.17, 15) is 0 Å². The lowest BCUT2D eigenvalue weighted by Gasteiger charge is -2.11. The van der Waals surface area contributed by atoms with E-state index in [1.165, 1.54) is 6.20 Å². The Labute approximate surface area is 116 Å². The number of nitriles is 1. The first kappa shape index (κ1) is 12.0. The van der Waals surface area contributed by atoms with Crippen molar-refractivity contribution in [1.82, 2.24) is 4.98 Å². The molecule has 0 radical (unpaired) electrons. The zero-order valence-electron chi connectivity index (χ0n) is 10.7. The number of nitrogen functional groups attached to an aromatic ring is 1. The molecule has 3 aromatic rings. The van der Waals surface area contributed by atoms with Gasteiger partial charge in [0, 0.05) is 17.3 Å². The predicted octanol–water partition coefficient (Wildman–Crippen LogP) is 3.43. The van der Waals surface area contributed by atoms with Crippen molar-refractivity contribution in [3.63, 3.8) is 0 Å². The zero-order valence-corrected chi connectivity index (χ0v) is 10.7. The second kappa shape index (κ2) is 4.90. The molecule has 1 aromatic heterocycles. The van der Waals surface area contributed by atoms with Crippen molar-refractivity contribution in [1.29, 1.82) is 5.26 Å². The quantitative estimate of drug-likeness (QED) is 0.740. The minimum absolute atomic E-state index is 0.450. The van der Waals surface area contributed by atoms with E-state index in [1.54, 1.807) is 6.07 Å². The van der Waals surface area contributed by atoms with Gasteiger partial charge < -0.3 is 11.1 Å². The van der Waals surface area contributed by atoms with Crippen molar-refractivity contribution >= 4 is 28.0 Å². The van der Waals surface area contributed by atoms with Crippen LogP contribution in [0.1, 0.15) is 5.56 Å². The largest absolute Gasteiger partial charge is 0.396 e. The summed E-state index contributed by atoms with van der Waals surface area (Å²) in [5, 5.41) is 14.3. The first-order valence-corrected chi connectivity index (χ1v) is 6.18. The van der Waals surface area contributed by atoms with Crippen LogP contribution >= 0.6 is 0 Å². The Bertz CT molecular complexity index is 813. The molecule has 0 spiro atoms. The molecule has 0 saturated carbocycles. The lowest BCUT2D eigenvalue weighted by molar-refractivity contribution is 1.29. The highest BCUT2D eigenvalue weighted by atomic mass is 15.0. The van der Waals surface area contributed by atoms with Crippen LogP contribution in [-0.4, -0.2) is 4.98 Å². The van der Waals surface area contributed by atoms with Crippen LogP contribution in [0.15, 0.2) is 54.7 Å². The van der Waals surface area contributed by atoms with E-state index in [2.05, 4.69) is 22.4 Å². The van der Waals surface area contributed by atoms with Crippen LogP contribution in [0.2, 0.25) is 0 Å². The number of nitrogens with zero attached hydrogens (tertiary/aromatic N) is 2. The van der Waals surface area contributed by atoms with Gasteiger partial charge in [-0.15, -0.1) is 0 Å². The third-order valence-corrected chi connectivity index (χ3v) is 3.09. The molecular weight excluding hydrogens is 248 g/mol. The average molecular weight is 260 g/mol. The highest BCUT2D eigenvalue weighted by Gasteiger charge is 2.05. The Hall–Kier alpha value is -3.06. The standard InChI is InChI=1S/C16H12N4/c17-9-11-8-14(18)16(19-10-11)20-15-7-3-5-12-4-1-2-6-13(12)15/h1-8,10H,18H2,(H,19,20). The van der Waals surface area contributed by atoms with E-state index in [0.717, 1.165) is 16.5 Å². The minimum Gasteiger partial charge on any atom is -0.396 e. The van der Waals surface area contributed by atoms with Crippen molar-refractivity contribution in [2.24, 2.45) is 0 Å². The maximum absolute atomic E-state index is 8.82. The molecule has 0 unspecified atom stereocenters. The fraction of sp³-hybridized carbons (Fsp3) is 0. The molecule has 0 aliphatic heterocycles. The van der Waals surface area contributed by atoms with Crippen LogP contribution in [0.4, 0.5) is 17.2 Å². The summed E-state index contributed by atoms with van der Waals surface area (Å²) in [6, 6.07) is 17.7. The molecule has 0 atom stereocenters. The Kier molecular flexibility index (Phi) is 2.94. The molecule has 0 saturated heterocycles. The van der Waals surface area contributed by atoms with E-state index >= 15 is 0 Å². The Morgan fingerprint density at radius 2 is 1.90 bits per heavy atom. The molecule has 1 heterocycles. The SMILES string of the molecule is N#Cc1cnc(Nc2cccc3ccccc23)c(N)c1. The lowest BCUT2D eigenvalue weighted by Crippen LogP contribution is -2.00. The fourth-order valence-corrected chi connectivity index (χ4v) is 2.11. The third-order valence-electron chi connectivity index (χ3n) is 3.09. The van der Waals surface area contributed by atoms with Gasteiger partial charge in [-0.2, -0.15) is 5.26 Å². The molecule has 96 valence electrons. The van der Waals surface area contributed by atoms with Crippen LogP contribution in [0.25, 0.3) is 10.8 Å². The van der Waals surface area contributed by atoms with Gasteiger partial charge in [-0.1, -0.05) is 36.4 Å². The molecule has 0 aliphatic carbocycles. The van der Waals surface area contributed by atoms with Crippen molar-refractivity contribution in [3.8, 4) is 6.07 Å². The fourth-order valence-electron chi connectivity index (χ4n) is 2.11. The van der Waals surface area contributed by atoms with Crippen LogP contribution in [-0.2, 0) is 0 Å². The number of nitrogens with two attached hydrogens (primary N) is 1. The Morgan fingerprint density at radius 3 is 2.70 bits per heavy atom. The molecular formula is C16H12N4. The number of rotatable bonds is 2. The summed E-state index contributed by atoms with van der Waals surface area (Å²) >= 11 is 0. The number of aromatic nitrogens is 1. The second-order valence-electron chi connectivity index (χ2n) is 4.43. The molecule has 2 aromatic carbocycles. The van der Waals surface area contributed by atoms with Gasteiger partial charge >= 0.3 is 0 Å². The summed E-state index contributed by atoms with van der Waals surface area (Å²) in [4.78, 5) is 4.19. The number of anilines is 3. The highest BCUT2D eigenvalue weighted by molar-refractivity contribution is 5.95. The molecule has 0 aliphatic rings. The maximum atomic E-state index is 8.82. The normalized spacial score (nSPS) is 10.2. The molecule has 3 rings (SSSR count). The van der Waals surface area contributed by atoms with Gasteiger partial charge in [-0.25, -0.2) is 4.98 Å². The predicted molar refractivity (Wildman–Crippen MR) is 80.6 cm³/mol. The van der Waals surface area contributed by atoms with Gasteiger partial charge in [0.1, 0.15) is 6.07 Å². The highest BCUT2D eigenvalue weighted by Crippen LogP contribution is 2.27. The van der Waals surface area contributed by atoms with Gasteiger partial charge in [-0.3, -0.25) is 0 Å². The average Bonchev–Trinajstić information content (AvgIpc) is 2.49. The minimum atomic E-state index is 0.450. The molecule has 20 heavy (non-hydrogen) atoms. The smallest absolute Gasteiger partial charge is 0.153 e. The summed E-state index contributed by atoms with van der Waals surface area (Å²) in [6.45, 7) is 0. The van der Waals surface area contributed by atoms with E-state index in [1.807, 2.05) is 36.4 Å². The topological polar surface area (TPSA) is 74.7 Å². The van der Waals surface area contributed by atoms with Crippen LogP contribution < -0.4 is 11.1 Å². The summed E-state index contributed by atoms with van der Waals surface area (Å²) in [5.41, 5.74) is 7.76. The van der Waals surface area contributed by atoms with Crippen LogP contribution in [0, 0.1) is 11.3 Å². The van der Waals surface area contributed by atoms with Gasteiger partial charge in [0.2, 0.25) is 0 Å². The number of benzene rings is 2. The van der Waals surface area contributed by atoms with Crippen molar-refractivity contribution in [2.75, 3.05) is 11.1 Å². The van der Waals surface area contributed by atoms with Gasteiger partial charge in [0.15, 0.2) is 5.82 Å². The van der Waals surface area contributed by atoms with Crippen molar-refractivity contribution < 1.29 is 0 Å². The Morgan fingerprint density at radius 1 is 1.10 bits per heavy atom. The van der Waals surface area contributed by atoms with Crippen molar-refractivity contribution in [2.45, 2.75) is 0 Å². The van der Waals surface area contributed by atoms with Gasteiger partial charge in [-0.05, 0) is 17.5 Å². The second-order valence-corrected chi connectivity index (χ2v) is 4.43. The molecule has 4 heteroatoms. The van der Waals surface area contributed by atoms with E-state index in [-0.39, 0.29) is 0 Å². The number of fused-ring (bicyclic) bond motifs is 1. The zero-order chi connectivity index (χ0) is 13.9. The van der Waals surface area contributed by atoms with Crippen molar-refractivity contribution in [3.05, 3.63) is 60.3 Å². The van der Waals surface area contributed by atoms with E-state index in [4.69, 9.17) is 11.0 Å². The van der Waals surface area contributed by atoms with E-state index < -0.39 is 0 Å². The lowest BCUT2D eigenvalue weighted by atomic mass is 10.1.